The highest BCUT2D eigenvalue weighted by Gasteiger charge is 2.48. The van der Waals surface area contributed by atoms with Crippen molar-refractivity contribution in [2.75, 3.05) is 6.54 Å². The molecule has 2 aliphatic rings. The molecule has 1 aliphatic carbocycles. The number of hydrogen-bond donors (Lipinski definition) is 2. The fraction of sp³-hybridized carbons (Fsp3) is 0.500. The van der Waals surface area contributed by atoms with Gasteiger partial charge in [0.25, 0.3) is 11.8 Å². The van der Waals surface area contributed by atoms with Crippen LogP contribution in [-0.4, -0.2) is 55.5 Å². The van der Waals surface area contributed by atoms with Gasteiger partial charge >= 0.3 is 0 Å². The molecule has 9 heteroatoms. The third kappa shape index (κ3) is 4.04. The maximum atomic E-state index is 13.2. The standard InChI is InChI=1S/C22H28N6O3/c1-3-27-20(30)18-11-17(19(29)24-13-15-7-6-10-23-12-15)26-28(18)14-22(27,2)21(31)25-16-8-4-5-9-16/h6-7,10-12,16H,3-5,8-9,13-14H2,1-2H3,(H,24,29)(H,25,31)/t22-/m0/s1. The molecule has 0 saturated heterocycles. The molecule has 164 valence electrons. The molecular weight excluding hydrogens is 396 g/mol. The second kappa shape index (κ2) is 8.49. The average Bonchev–Trinajstić information content (AvgIpc) is 3.43. The smallest absolute Gasteiger partial charge is 0.273 e. The minimum Gasteiger partial charge on any atom is -0.351 e. The molecule has 0 aromatic carbocycles. The SMILES string of the molecule is CCN1C(=O)c2cc(C(=O)NCc3cccnc3)nn2C[C@@]1(C)C(=O)NC1CCCC1. The number of hydrogen-bond acceptors (Lipinski definition) is 5. The van der Waals surface area contributed by atoms with Crippen molar-refractivity contribution in [1.29, 1.82) is 0 Å². The van der Waals surface area contributed by atoms with Crippen LogP contribution in [0.15, 0.2) is 30.6 Å². The normalized spacial score (nSPS) is 21.1. The third-order valence-electron chi connectivity index (χ3n) is 6.20. The van der Waals surface area contributed by atoms with Crippen molar-refractivity contribution in [3.8, 4) is 0 Å². The molecule has 1 fully saturated rings. The lowest BCUT2D eigenvalue weighted by atomic mass is 9.94. The van der Waals surface area contributed by atoms with Gasteiger partial charge in [0, 0.05) is 37.6 Å². The van der Waals surface area contributed by atoms with Crippen LogP contribution in [0.3, 0.4) is 0 Å². The number of pyridine rings is 1. The van der Waals surface area contributed by atoms with E-state index in [-0.39, 0.29) is 36.0 Å². The van der Waals surface area contributed by atoms with Gasteiger partial charge in [-0.15, -0.1) is 0 Å². The summed E-state index contributed by atoms with van der Waals surface area (Å²) in [7, 11) is 0. The van der Waals surface area contributed by atoms with Gasteiger partial charge in [-0.25, -0.2) is 0 Å². The lowest BCUT2D eigenvalue weighted by Gasteiger charge is -2.43. The summed E-state index contributed by atoms with van der Waals surface area (Å²) in [5, 5.41) is 10.3. The zero-order chi connectivity index (χ0) is 22.0. The molecule has 2 aromatic rings. The van der Waals surface area contributed by atoms with Crippen molar-refractivity contribution in [2.45, 2.75) is 64.2 Å². The first-order valence-corrected chi connectivity index (χ1v) is 10.8. The van der Waals surface area contributed by atoms with Crippen molar-refractivity contribution >= 4 is 17.7 Å². The second-order valence-electron chi connectivity index (χ2n) is 8.39. The number of aromatic nitrogens is 3. The fourth-order valence-corrected chi connectivity index (χ4v) is 4.43. The maximum absolute atomic E-state index is 13.2. The van der Waals surface area contributed by atoms with Gasteiger partial charge in [-0.2, -0.15) is 5.10 Å². The summed E-state index contributed by atoms with van der Waals surface area (Å²) in [5.74, 6) is -0.839. The first kappa shape index (κ1) is 21.0. The molecule has 0 bridgehead atoms. The zero-order valence-corrected chi connectivity index (χ0v) is 17.9. The quantitative estimate of drug-likeness (QED) is 0.730. The Kier molecular flexibility index (Phi) is 5.75. The van der Waals surface area contributed by atoms with Crippen LogP contribution in [0.5, 0.6) is 0 Å². The lowest BCUT2D eigenvalue weighted by molar-refractivity contribution is -0.133. The highest BCUT2D eigenvalue weighted by molar-refractivity contribution is 6.01. The van der Waals surface area contributed by atoms with Crippen molar-refractivity contribution in [3.05, 3.63) is 47.5 Å². The van der Waals surface area contributed by atoms with Gasteiger partial charge in [0.2, 0.25) is 5.91 Å². The number of carbonyl (C=O) groups excluding carboxylic acids is 3. The Balaban J connectivity index is 1.52. The van der Waals surface area contributed by atoms with Gasteiger partial charge in [0.15, 0.2) is 5.69 Å². The third-order valence-corrected chi connectivity index (χ3v) is 6.20. The summed E-state index contributed by atoms with van der Waals surface area (Å²) in [5.41, 5.74) is 0.282. The molecule has 3 heterocycles. The highest BCUT2D eigenvalue weighted by Crippen LogP contribution is 2.28. The number of rotatable bonds is 6. The van der Waals surface area contributed by atoms with E-state index in [1.165, 1.54) is 10.7 Å². The van der Waals surface area contributed by atoms with Crippen LogP contribution < -0.4 is 10.6 Å². The molecule has 2 N–H and O–H groups in total. The first-order valence-electron chi connectivity index (χ1n) is 10.8. The summed E-state index contributed by atoms with van der Waals surface area (Å²) in [6.07, 6.45) is 7.50. The zero-order valence-electron chi connectivity index (χ0n) is 17.9. The molecule has 4 rings (SSSR count). The topological polar surface area (TPSA) is 109 Å². The Morgan fingerprint density at radius 1 is 1.29 bits per heavy atom. The molecule has 0 unspecified atom stereocenters. The molecule has 1 atom stereocenters. The van der Waals surface area contributed by atoms with Gasteiger partial charge in [-0.1, -0.05) is 18.9 Å². The van der Waals surface area contributed by atoms with Gasteiger partial charge in [0.05, 0.1) is 6.54 Å². The molecule has 0 spiro atoms. The van der Waals surface area contributed by atoms with E-state index in [2.05, 4.69) is 20.7 Å². The monoisotopic (exact) mass is 424 g/mol. The minimum absolute atomic E-state index is 0.156. The molecule has 3 amide bonds. The molecule has 31 heavy (non-hydrogen) atoms. The van der Waals surface area contributed by atoms with Crippen LogP contribution >= 0.6 is 0 Å². The molecule has 1 aliphatic heterocycles. The van der Waals surface area contributed by atoms with Crippen LogP contribution in [0, 0.1) is 0 Å². The number of likely N-dealkylation sites (N-methyl/N-ethyl adjacent to an activating group) is 1. The Hall–Kier alpha value is -3.23. The van der Waals surface area contributed by atoms with Crippen LogP contribution in [0.25, 0.3) is 0 Å². The number of nitrogens with one attached hydrogen (secondary N) is 2. The van der Waals surface area contributed by atoms with Crippen LogP contribution in [-0.2, 0) is 17.9 Å². The van der Waals surface area contributed by atoms with Crippen LogP contribution in [0.2, 0.25) is 0 Å². The first-order chi connectivity index (χ1) is 14.9. The molecule has 9 nitrogen and oxygen atoms in total. The van der Waals surface area contributed by atoms with E-state index < -0.39 is 5.54 Å². The molecule has 1 saturated carbocycles. The van der Waals surface area contributed by atoms with E-state index in [0.717, 1.165) is 31.2 Å². The predicted molar refractivity (Wildman–Crippen MR) is 113 cm³/mol. The van der Waals surface area contributed by atoms with Crippen molar-refractivity contribution in [3.63, 3.8) is 0 Å². The highest BCUT2D eigenvalue weighted by atomic mass is 16.2. The number of carbonyl (C=O) groups is 3. The van der Waals surface area contributed by atoms with Gasteiger partial charge < -0.3 is 15.5 Å². The molecule has 2 aromatic heterocycles. The summed E-state index contributed by atoms with van der Waals surface area (Å²) in [4.78, 5) is 44.5. The van der Waals surface area contributed by atoms with Gasteiger partial charge in [-0.05, 0) is 38.3 Å². The van der Waals surface area contributed by atoms with Crippen molar-refractivity contribution in [2.24, 2.45) is 0 Å². The van der Waals surface area contributed by atoms with E-state index in [9.17, 15) is 14.4 Å². The van der Waals surface area contributed by atoms with E-state index >= 15 is 0 Å². The summed E-state index contributed by atoms with van der Waals surface area (Å²) in [6.45, 7) is 4.53. The van der Waals surface area contributed by atoms with Crippen molar-refractivity contribution in [1.82, 2.24) is 30.3 Å². The summed E-state index contributed by atoms with van der Waals surface area (Å²) >= 11 is 0. The minimum atomic E-state index is -1.06. The number of nitrogens with zero attached hydrogens (tertiary/aromatic N) is 4. The van der Waals surface area contributed by atoms with Crippen LogP contribution in [0.4, 0.5) is 0 Å². The molecule has 0 radical (unpaired) electrons. The van der Waals surface area contributed by atoms with Crippen molar-refractivity contribution < 1.29 is 14.4 Å². The Labute approximate surface area is 181 Å². The largest absolute Gasteiger partial charge is 0.351 e. The Morgan fingerprint density at radius 2 is 2.06 bits per heavy atom. The van der Waals surface area contributed by atoms with Crippen LogP contribution in [0.1, 0.15) is 66.1 Å². The maximum Gasteiger partial charge on any atom is 0.273 e. The summed E-state index contributed by atoms with van der Waals surface area (Å²) in [6, 6.07) is 5.32. The Bertz CT molecular complexity index is 982. The fourth-order valence-electron chi connectivity index (χ4n) is 4.43. The van der Waals surface area contributed by atoms with E-state index in [4.69, 9.17) is 0 Å². The summed E-state index contributed by atoms with van der Waals surface area (Å²) < 4.78 is 1.49. The average molecular weight is 425 g/mol. The predicted octanol–water partition coefficient (Wildman–Crippen LogP) is 1.50. The number of fused-ring (bicyclic) bond motifs is 1. The van der Waals surface area contributed by atoms with E-state index in [0.29, 0.717) is 18.8 Å². The number of amides is 3. The van der Waals surface area contributed by atoms with Gasteiger partial charge in [0.1, 0.15) is 11.2 Å². The van der Waals surface area contributed by atoms with E-state index in [1.54, 1.807) is 30.3 Å². The van der Waals surface area contributed by atoms with E-state index in [1.807, 2.05) is 13.0 Å². The molecular formula is C22H28N6O3. The lowest BCUT2D eigenvalue weighted by Crippen LogP contribution is -2.64. The van der Waals surface area contributed by atoms with Gasteiger partial charge in [-0.3, -0.25) is 24.0 Å². The Morgan fingerprint density at radius 3 is 2.74 bits per heavy atom. The second-order valence-corrected chi connectivity index (χ2v) is 8.39.